The minimum absolute atomic E-state index is 0.699. The molecule has 2 aliphatic rings. The molecule has 1 aliphatic carbocycles. The van der Waals surface area contributed by atoms with Crippen molar-refractivity contribution < 1.29 is 0 Å². The first-order valence-corrected chi connectivity index (χ1v) is 2.78. The molecule has 0 atom stereocenters. The molecule has 2 rings (SSSR count). The lowest BCUT2D eigenvalue weighted by molar-refractivity contribution is 0.809. The lowest BCUT2D eigenvalue weighted by Gasteiger charge is -1.81. The first-order valence-electron chi connectivity index (χ1n) is 2.78. The van der Waals surface area contributed by atoms with E-state index < -0.39 is 0 Å². The first kappa shape index (κ1) is 4.06. The molecule has 1 aliphatic heterocycles. The van der Waals surface area contributed by atoms with Crippen molar-refractivity contribution in [1.29, 1.82) is 0 Å². The summed E-state index contributed by atoms with van der Waals surface area (Å²) >= 11 is 0. The van der Waals surface area contributed by atoms with Gasteiger partial charge < -0.3 is 0 Å². The zero-order valence-corrected chi connectivity index (χ0v) is 4.41. The van der Waals surface area contributed by atoms with Gasteiger partial charge in [0, 0.05) is 5.92 Å². The molecule has 0 amide bonds. The minimum atomic E-state index is 0.699. The third-order valence-corrected chi connectivity index (χ3v) is 1.40. The highest BCUT2D eigenvalue weighted by atomic mass is 15.5. The maximum absolute atomic E-state index is 3.82. The first-order chi connectivity index (χ1) is 3.97. The summed E-state index contributed by atoms with van der Waals surface area (Å²) in [6, 6.07) is 0. The van der Waals surface area contributed by atoms with E-state index in [1.165, 1.54) is 12.8 Å². The van der Waals surface area contributed by atoms with Gasteiger partial charge in [-0.05, 0) is 18.4 Å². The number of rotatable bonds is 1. The van der Waals surface area contributed by atoms with Crippen molar-refractivity contribution in [1.82, 2.24) is 5.53 Å². The van der Waals surface area contributed by atoms with E-state index in [1.54, 1.807) is 6.21 Å². The Morgan fingerprint density at radius 1 is 1.50 bits per heavy atom. The van der Waals surface area contributed by atoms with Crippen LogP contribution in [0.15, 0.2) is 10.2 Å². The highest BCUT2D eigenvalue weighted by Gasteiger charge is 2.27. The number of hydrogen-bond acceptors (Lipinski definition) is 2. The van der Waals surface area contributed by atoms with Crippen LogP contribution in [0.4, 0.5) is 0 Å². The van der Waals surface area contributed by atoms with Crippen LogP contribution in [0.25, 0.3) is 0 Å². The Morgan fingerprint density at radius 2 is 2.38 bits per heavy atom. The Balaban J connectivity index is 2.13. The predicted molar refractivity (Wildman–Crippen MR) is 30.8 cm³/mol. The molecule has 3 nitrogen and oxygen atoms in total. The maximum Gasteiger partial charge on any atom is 0.0881 e. The van der Waals surface area contributed by atoms with Gasteiger partial charge in [0.1, 0.15) is 0 Å². The van der Waals surface area contributed by atoms with Gasteiger partial charge >= 0.3 is 0 Å². The molecular weight excluding hydrogens is 102 g/mol. The quantitative estimate of drug-likeness (QED) is 0.465. The SMILES string of the molecule is C1=N[N]N=C1C1CC1. The molecule has 0 N–H and O–H groups in total. The molecule has 0 unspecified atom stereocenters. The van der Waals surface area contributed by atoms with Gasteiger partial charge in [-0.3, -0.25) is 0 Å². The van der Waals surface area contributed by atoms with E-state index in [9.17, 15) is 0 Å². The molecule has 0 aromatic rings. The smallest absolute Gasteiger partial charge is 0.0881 e. The van der Waals surface area contributed by atoms with Gasteiger partial charge in [0.25, 0.3) is 0 Å². The Morgan fingerprint density at radius 3 is 2.88 bits per heavy atom. The average Bonchev–Trinajstić information content (AvgIpc) is 2.49. The lowest BCUT2D eigenvalue weighted by atomic mass is 10.3. The maximum atomic E-state index is 3.82. The van der Waals surface area contributed by atoms with Crippen molar-refractivity contribution in [3.8, 4) is 0 Å². The van der Waals surface area contributed by atoms with E-state index in [0.717, 1.165) is 5.71 Å². The molecule has 0 saturated heterocycles. The fourth-order valence-corrected chi connectivity index (χ4v) is 0.754. The van der Waals surface area contributed by atoms with Gasteiger partial charge in [-0.2, -0.15) is 0 Å². The summed E-state index contributed by atoms with van der Waals surface area (Å²) in [6.07, 6.45) is 4.30. The summed E-state index contributed by atoms with van der Waals surface area (Å²) in [4.78, 5) is 0. The van der Waals surface area contributed by atoms with Gasteiger partial charge in [-0.15, -0.1) is 10.2 Å². The molecule has 0 spiro atoms. The highest BCUT2D eigenvalue weighted by molar-refractivity contribution is 6.32. The monoisotopic (exact) mass is 108 g/mol. The van der Waals surface area contributed by atoms with Crippen LogP contribution in [0, 0.1) is 5.92 Å². The lowest BCUT2D eigenvalue weighted by Crippen LogP contribution is -1.97. The molecule has 1 fully saturated rings. The van der Waals surface area contributed by atoms with Crippen LogP contribution in [-0.4, -0.2) is 11.9 Å². The van der Waals surface area contributed by atoms with E-state index in [0.29, 0.717) is 5.92 Å². The van der Waals surface area contributed by atoms with Gasteiger partial charge in [0.05, 0.1) is 11.9 Å². The zero-order chi connectivity index (χ0) is 5.40. The zero-order valence-electron chi connectivity index (χ0n) is 4.41. The Bertz CT molecular complexity index is 155. The summed E-state index contributed by atoms with van der Waals surface area (Å²) in [7, 11) is 0. The van der Waals surface area contributed by atoms with Crippen LogP contribution in [0.1, 0.15) is 12.8 Å². The fraction of sp³-hybridized carbons (Fsp3) is 0.600. The third kappa shape index (κ3) is 0.510. The van der Waals surface area contributed by atoms with Crippen molar-refractivity contribution >= 4 is 11.9 Å². The molecule has 1 saturated carbocycles. The Kier molecular flexibility index (Phi) is 0.664. The van der Waals surface area contributed by atoms with Crippen molar-refractivity contribution in [3.05, 3.63) is 0 Å². The van der Waals surface area contributed by atoms with Crippen molar-refractivity contribution in [3.63, 3.8) is 0 Å². The van der Waals surface area contributed by atoms with Crippen LogP contribution in [-0.2, 0) is 0 Å². The molecule has 8 heavy (non-hydrogen) atoms. The van der Waals surface area contributed by atoms with Crippen molar-refractivity contribution in [2.24, 2.45) is 16.1 Å². The molecule has 1 heterocycles. The van der Waals surface area contributed by atoms with E-state index in [1.807, 2.05) is 0 Å². The second kappa shape index (κ2) is 1.31. The number of hydrogen-bond donors (Lipinski definition) is 0. The van der Waals surface area contributed by atoms with Crippen LogP contribution in [0.2, 0.25) is 0 Å². The fourth-order valence-electron chi connectivity index (χ4n) is 0.754. The van der Waals surface area contributed by atoms with Gasteiger partial charge in [0.2, 0.25) is 0 Å². The van der Waals surface area contributed by atoms with Crippen molar-refractivity contribution in [2.75, 3.05) is 0 Å². The van der Waals surface area contributed by atoms with E-state index in [4.69, 9.17) is 0 Å². The summed E-state index contributed by atoms with van der Waals surface area (Å²) < 4.78 is 0. The summed E-state index contributed by atoms with van der Waals surface area (Å²) in [5.41, 5.74) is 4.56. The van der Waals surface area contributed by atoms with Crippen molar-refractivity contribution in [2.45, 2.75) is 12.8 Å². The molecule has 1 radical (unpaired) electrons. The van der Waals surface area contributed by atoms with Crippen LogP contribution < -0.4 is 5.53 Å². The largest absolute Gasteiger partial charge is 0.137 e. The molecule has 41 valence electrons. The van der Waals surface area contributed by atoms with Crippen LogP contribution in [0.5, 0.6) is 0 Å². The van der Waals surface area contributed by atoms with Gasteiger partial charge in [-0.1, -0.05) is 0 Å². The summed E-state index contributed by atoms with van der Waals surface area (Å²) in [5.74, 6) is 0.699. The standard InChI is InChI=1S/C5H6N3/c1-2-4(1)5-3-6-8-7-5/h3-4H,1-2H2. The summed E-state index contributed by atoms with van der Waals surface area (Å²) in [5, 5.41) is 7.44. The summed E-state index contributed by atoms with van der Waals surface area (Å²) in [6.45, 7) is 0. The second-order valence-corrected chi connectivity index (χ2v) is 2.13. The van der Waals surface area contributed by atoms with Gasteiger partial charge in [-0.25, -0.2) is 0 Å². The molecular formula is C5H6N3. The Labute approximate surface area is 47.5 Å². The molecule has 3 heteroatoms. The van der Waals surface area contributed by atoms with Crippen LogP contribution in [0.3, 0.4) is 0 Å². The van der Waals surface area contributed by atoms with E-state index in [-0.39, 0.29) is 0 Å². The molecule has 0 aromatic carbocycles. The Hall–Kier alpha value is -0.860. The topological polar surface area (TPSA) is 38.8 Å². The predicted octanol–water partition coefficient (Wildman–Crippen LogP) is 0.356. The minimum Gasteiger partial charge on any atom is -0.137 e. The third-order valence-electron chi connectivity index (χ3n) is 1.40. The second-order valence-electron chi connectivity index (χ2n) is 2.13. The number of nitrogens with zero attached hydrogens (tertiary/aromatic N) is 3. The molecule has 0 bridgehead atoms. The average molecular weight is 108 g/mol. The normalized spacial score (nSPS) is 25.2. The highest BCUT2D eigenvalue weighted by Crippen LogP contribution is 2.30. The van der Waals surface area contributed by atoms with E-state index in [2.05, 4.69) is 15.7 Å². The van der Waals surface area contributed by atoms with E-state index >= 15 is 0 Å². The molecule has 0 aromatic heterocycles. The van der Waals surface area contributed by atoms with Crippen LogP contribution >= 0.6 is 0 Å². The van der Waals surface area contributed by atoms with Gasteiger partial charge in [0.15, 0.2) is 0 Å².